The number of benzene rings is 2. The summed E-state index contributed by atoms with van der Waals surface area (Å²) in [6.07, 6.45) is 3.75. The first-order valence-electron chi connectivity index (χ1n) is 12.0. The van der Waals surface area contributed by atoms with Gasteiger partial charge in [-0.15, -0.1) is 11.6 Å². The summed E-state index contributed by atoms with van der Waals surface area (Å²) in [5.41, 5.74) is 2.91. The van der Waals surface area contributed by atoms with Crippen LogP contribution in [0.3, 0.4) is 0 Å². The zero-order valence-corrected chi connectivity index (χ0v) is 21.9. The fourth-order valence-electron chi connectivity index (χ4n) is 4.55. The number of carbonyl (C=O) groups excluding carboxylic acids is 2. The van der Waals surface area contributed by atoms with Crippen LogP contribution in [0.2, 0.25) is 5.02 Å². The van der Waals surface area contributed by atoms with Gasteiger partial charge in [-0.1, -0.05) is 49.2 Å². The van der Waals surface area contributed by atoms with E-state index >= 15 is 0 Å². The highest BCUT2D eigenvalue weighted by molar-refractivity contribution is 6.30. The van der Waals surface area contributed by atoms with Crippen molar-refractivity contribution in [2.45, 2.75) is 39.7 Å². The summed E-state index contributed by atoms with van der Waals surface area (Å²) in [7, 11) is 0. The average molecular weight is 512 g/mol. The Labute approximate surface area is 217 Å². The van der Waals surface area contributed by atoms with Crippen LogP contribution in [0.5, 0.6) is 0 Å². The molecule has 0 spiro atoms. The SMILES string of the molecule is CCCCN(CC(=O)N1c2ccccc2-n2cccc2C1c1ccc(Cl)cc1)C(=O)C(C)(C)CCl. The van der Waals surface area contributed by atoms with Gasteiger partial charge in [0.2, 0.25) is 11.8 Å². The lowest BCUT2D eigenvalue weighted by Gasteiger charge is -2.40. The molecule has 4 rings (SSSR count). The van der Waals surface area contributed by atoms with E-state index in [1.54, 1.807) is 4.90 Å². The molecule has 1 atom stereocenters. The van der Waals surface area contributed by atoms with Crippen molar-refractivity contribution >= 4 is 40.7 Å². The molecule has 35 heavy (non-hydrogen) atoms. The Bertz CT molecular complexity index is 1200. The minimum Gasteiger partial charge on any atom is -0.333 e. The molecule has 0 N–H and O–H groups in total. The van der Waals surface area contributed by atoms with E-state index in [0.29, 0.717) is 11.6 Å². The number of fused-ring (bicyclic) bond motifs is 3. The predicted molar refractivity (Wildman–Crippen MR) is 143 cm³/mol. The quantitative estimate of drug-likeness (QED) is 0.325. The largest absolute Gasteiger partial charge is 0.333 e. The zero-order chi connectivity index (χ0) is 25.2. The maximum absolute atomic E-state index is 14.1. The summed E-state index contributed by atoms with van der Waals surface area (Å²) in [4.78, 5) is 31.0. The van der Waals surface area contributed by atoms with E-state index in [1.807, 2.05) is 85.6 Å². The van der Waals surface area contributed by atoms with E-state index in [4.69, 9.17) is 23.2 Å². The highest BCUT2D eigenvalue weighted by Crippen LogP contribution is 2.42. The van der Waals surface area contributed by atoms with Crippen molar-refractivity contribution in [2.75, 3.05) is 23.9 Å². The molecule has 0 saturated carbocycles. The van der Waals surface area contributed by atoms with E-state index in [9.17, 15) is 9.59 Å². The smallest absolute Gasteiger partial charge is 0.247 e. The lowest BCUT2D eigenvalue weighted by molar-refractivity contribution is -0.142. The van der Waals surface area contributed by atoms with Crippen LogP contribution >= 0.6 is 23.2 Å². The molecule has 7 heteroatoms. The van der Waals surface area contributed by atoms with Gasteiger partial charge >= 0.3 is 0 Å². The highest BCUT2D eigenvalue weighted by atomic mass is 35.5. The fourth-order valence-corrected chi connectivity index (χ4v) is 4.79. The standard InChI is InChI=1S/C28H31Cl2N3O2/c1-4-5-16-31(27(35)28(2,3)19-29)18-25(34)33-23-10-7-6-9-22(23)32-17-8-11-24(32)26(33)20-12-14-21(30)15-13-20/h6-15,17,26H,4-5,16,18-19H2,1-3H3. The number of para-hydroxylation sites is 2. The van der Waals surface area contributed by atoms with Crippen LogP contribution in [0.25, 0.3) is 5.69 Å². The molecule has 0 fully saturated rings. The summed E-state index contributed by atoms with van der Waals surface area (Å²) in [5.74, 6) is -0.0541. The Morgan fingerprint density at radius 3 is 2.34 bits per heavy atom. The number of nitrogens with zero attached hydrogens (tertiary/aromatic N) is 3. The zero-order valence-electron chi connectivity index (χ0n) is 20.4. The average Bonchev–Trinajstić information content (AvgIpc) is 3.35. The normalized spacial score (nSPS) is 14.9. The summed E-state index contributed by atoms with van der Waals surface area (Å²) >= 11 is 12.3. The molecule has 1 aliphatic rings. The Morgan fingerprint density at radius 1 is 1.00 bits per heavy atom. The van der Waals surface area contributed by atoms with Gasteiger partial charge in [0.05, 0.1) is 22.5 Å². The minimum absolute atomic E-state index is 0.0156. The molecule has 2 amide bonds. The van der Waals surface area contributed by atoms with Gasteiger partial charge in [-0.05, 0) is 62.2 Å². The molecular formula is C28H31Cl2N3O2. The van der Waals surface area contributed by atoms with Gasteiger partial charge in [-0.25, -0.2) is 0 Å². The van der Waals surface area contributed by atoms with E-state index in [1.165, 1.54) is 0 Å². The first kappa shape index (κ1) is 25.3. The Morgan fingerprint density at radius 2 is 1.69 bits per heavy atom. The van der Waals surface area contributed by atoms with Gasteiger partial charge in [-0.2, -0.15) is 0 Å². The van der Waals surface area contributed by atoms with E-state index in [-0.39, 0.29) is 30.3 Å². The number of hydrogen-bond donors (Lipinski definition) is 0. The van der Waals surface area contributed by atoms with Crippen molar-refractivity contribution in [2.24, 2.45) is 5.41 Å². The number of rotatable bonds is 8. The third-order valence-corrected chi connectivity index (χ3v) is 7.40. The third kappa shape index (κ3) is 4.98. The Balaban J connectivity index is 1.78. The second kappa shape index (κ2) is 10.5. The van der Waals surface area contributed by atoms with Crippen LogP contribution in [0.1, 0.15) is 50.9 Å². The van der Waals surface area contributed by atoms with Crippen LogP contribution in [0, 0.1) is 5.41 Å². The molecular weight excluding hydrogens is 481 g/mol. The van der Waals surface area contributed by atoms with Crippen molar-refractivity contribution in [1.82, 2.24) is 9.47 Å². The van der Waals surface area contributed by atoms with Gasteiger partial charge < -0.3 is 9.47 Å². The van der Waals surface area contributed by atoms with Crippen LogP contribution < -0.4 is 4.90 Å². The van der Waals surface area contributed by atoms with Crippen LogP contribution in [0.4, 0.5) is 5.69 Å². The monoisotopic (exact) mass is 511 g/mol. The number of aromatic nitrogens is 1. The van der Waals surface area contributed by atoms with Crippen molar-refractivity contribution < 1.29 is 9.59 Å². The summed E-state index contributed by atoms with van der Waals surface area (Å²) < 4.78 is 2.12. The van der Waals surface area contributed by atoms with Crippen LogP contribution in [-0.4, -0.2) is 40.3 Å². The fraction of sp³-hybridized carbons (Fsp3) is 0.357. The molecule has 1 aliphatic heterocycles. The van der Waals surface area contributed by atoms with E-state index in [2.05, 4.69) is 11.5 Å². The van der Waals surface area contributed by atoms with Crippen LogP contribution in [-0.2, 0) is 9.59 Å². The van der Waals surface area contributed by atoms with Gasteiger partial charge in [0.1, 0.15) is 12.6 Å². The van der Waals surface area contributed by atoms with Crippen molar-refractivity contribution in [3.63, 3.8) is 0 Å². The molecule has 0 saturated heterocycles. The summed E-state index contributed by atoms with van der Waals surface area (Å²) in [5, 5.41) is 0.637. The number of alkyl halides is 1. The van der Waals surface area contributed by atoms with Gasteiger partial charge in [0.15, 0.2) is 0 Å². The first-order valence-corrected chi connectivity index (χ1v) is 12.9. The number of anilines is 1. The molecule has 0 aliphatic carbocycles. The number of halogens is 2. The number of hydrogen-bond acceptors (Lipinski definition) is 2. The predicted octanol–water partition coefficient (Wildman–Crippen LogP) is 6.46. The van der Waals surface area contributed by atoms with E-state index in [0.717, 1.165) is 35.5 Å². The van der Waals surface area contributed by atoms with Gasteiger partial charge in [0.25, 0.3) is 0 Å². The second-order valence-corrected chi connectivity index (χ2v) is 10.3. The Hall–Kier alpha value is -2.76. The first-order chi connectivity index (χ1) is 16.8. The molecule has 5 nitrogen and oxygen atoms in total. The molecule has 1 aromatic heterocycles. The van der Waals surface area contributed by atoms with Crippen molar-refractivity contribution in [3.05, 3.63) is 83.1 Å². The Kier molecular flexibility index (Phi) is 7.58. The number of carbonyl (C=O) groups is 2. The second-order valence-electron chi connectivity index (χ2n) is 9.61. The molecule has 0 bridgehead atoms. The maximum Gasteiger partial charge on any atom is 0.247 e. The molecule has 0 radical (unpaired) electrons. The van der Waals surface area contributed by atoms with Gasteiger partial charge in [0, 0.05) is 23.6 Å². The van der Waals surface area contributed by atoms with E-state index < -0.39 is 5.41 Å². The maximum atomic E-state index is 14.1. The summed E-state index contributed by atoms with van der Waals surface area (Å²) in [6.45, 7) is 6.22. The van der Waals surface area contributed by atoms with Crippen LogP contribution in [0.15, 0.2) is 66.9 Å². The highest BCUT2D eigenvalue weighted by Gasteiger charge is 2.38. The lowest BCUT2D eigenvalue weighted by Crippen LogP contribution is -2.50. The third-order valence-electron chi connectivity index (χ3n) is 6.48. The molecule has 2 heterocycles. The molecule has 1 unspecified atom stereocenters. The lowest BCUT2D eigenvalue weighted by atomic mass is 9.94. The minimum atomic E-state index is -0.750. The van der Waals surface area contributed by atoms with Gasteiger partial charge in [-0.3, -0.25) is 14.5 Å². The molecule has 3 aromatic rings. The van der Waals surface area contributed by atoms with Crippen molar-refractivity contribution in [3.8, 4) is 5.69 Å². The molecule has 184 valence electrons. The number of amides is 2. The molecule has 2 aromatic carbocycles. The topological polar surface area (TPSA) is 45.6 Å². The summed E-state index contributed by atoms with van der Waals surface area (Å²) in [6, 6.07) is 19.1. The van der Waals surface area contributed by atoms with Crippen molar-refractivity contribution in [1.29, 1.82) is 0 Å². The number of unbranched alkanes of at least 4 members (excludes halogenated alkanes) is 1.